The van der Waals surface area contributed by atoms with Gasteiger partial charge >= 0.3 is 0 Å². The molecule has 0 bridgehead atoms. The van der Waals surface area contributed by atoms with Crippen LogP contribution < -0.4 is 16.1 Å². The fourth-order valence-corrected chi connectivity index (χ4v) is 3.16. The number of aromatic amines is 1. The summed E-state index contributed by atoms with van der Waals surface area (Å²) in [7, 11) is 0. The molecule has 142 valence electrons. The third-order valence-electron chi connectivity index (χ3n) is 4.34. The molecule has 1 aromatic heterocycles. The highest BCUT2D eigenvalue weighted by Crippen LogP contribution is 2.22. The van der Waals surface area contributed by atoms with Crippen molar-refractivity contribution in [2.45, 2.75) is 19.0 Å². The monoisotopic (exact) mass is 405 g/mol. The predicted octanol–water partition coefficient (Wildman–Crippen LogP) is 3.79. The van der Waals surface area contributed by atoms with Gasteiger partial charge in [-0.05, 0) is 36.2 Å². The Balaban J connectivity index is 1.53. The van der Waals surface area contributed by atoms with E-state index in [0.29, 0.717) is 40.8 Å². The number of anilines is 1. The number of para-hydroxylation sites is 1. The third kappa shape index (κ3) is 5.23. The highest BCUT2D eigenvalue weighted by atomic mass is 35.5. The zero-order valence-corrected chi connectivity index (χ0v) is 16.1. The van der Waals surface area contributed by atoms with Gasteiger partial charge < -0.3 is 20.7 Å². The van der Waals surface area contributed by atoms with Crippen LogP contribution in [0.1, 0.15) is 12.0 Å². The van der Waals surface area contributed by atoms with Crippen LogP contribution in [-0.4, -0.2) is 29.3 Å². The Kier molecular flexibility index (Phi) is 6.74. The average Bonchev–Trinajstić information content (AvgIpc) is 2.67. The Labute approximate surface area is 167 Å². The van der Waals surface area contributed by atoms with E-state index in [4.69, 9.17) is 23.2 Å². The molecule has 0 radical (unpaired) electrons. The molecule has 0 saturated heterocycles. The zero-order valence-electron chi connectivity index (χ0n) is 14.6. The largest absolute Gasteiger partial charge is 0.395 e. The van der Waals surface area contributed by atoms with Crippen molar-refractivity contribution in [1.29, 1.82) is 0 Å². The SMILES string of the molecule is O=c1cc(NCC[C@H](CO)NCc2ccc(Cl)c(Cl)c2)[nH]c2ccccc12. The molecular formula is C20H21Cl2N3O2. The number of nitrogens with one attached hydrogen (secondary N) is 3. The summed E-state index contributed by atoms with van der Waals surface area (Å²) in [5, 5.41) is 17.8. The van der Waals surface area contributed by atoms with Gasteiger partial charge in [-0.2, -0.15) is 0 Å². The van der Waals surface area contributed by atoms with Gasteiger partial charge in [-0.25, -0.2) is 0 Å². The second-order valence-electron chi connectivity index (χ2n) is 6.32. The van der Waals surface area contributed by atoms with Crippen LogP contribution in [0, 0.1) is 0 Å². The molecular weight excluding hydrogens is 385 g/mol. The molecule has 2 aromatic carbocycles. The highest BCUT2D eigenvalue weighted by Gasteiger charge is 2.08. The maximum absolute atomic E-state index is 12.1. The van der Waals surface area contributed by atoms with E-state index in [1.165, 1.54) is 0 Å². The van der Waals surface area contributed by atoms with E-state index in [9.17, 15) is 9.90 Å². The molecule has 0 fully saturated rings. The summed E-state index contributed by atoms with van der Waals surface area (Å²) < 4.78 is 0. The molecule has 0 unspecified atom stereocenters. The molecule has 1 atom stereocenters. The molecule has 0 aliphatic rings. The number of aromatic nitrogens is 1. The van der Waals surface area contributed by atoms with Gasteiger partial charge in [0.05, 0.1) is 22.2 Å². The summed E-state index contributed by atoms with van der Waals surface area (Å²) in [6, 6.07) is 14.3. The maximum Gasteiger partial charge on any atom is 0.191 e. The zero-order chi connectivity index (χ0) is 19.2. The van der Waals surface area contributed by atoms with Crippen LogP contribution in [0.5, 0.6) is 0 Å². The van der Waals surface area contributed by atoms with Crippen molar-refractivity contribution in [3.63, 3.8) is 0 Å². The minimum atomic E-state index is -0.0841. The first-order valence-electron chi connectivity index (χ1n) is 8.71. The highest BCUT2D eigenvalue weighted by molar-refractivity contribution is 6.42. The Morgan fingerprint density at radius 1 is 1.07 bits per heavy atom. The minimum absolute atomic E-state index is 0.0112. The summed E-state index contributed by atoms with van der Waals surface area (Å²) >= 11 is 11.9. The van der Waals surface area contributed by atoms with Crippen LogP contribution >= 0.6 is 23.2 Å². The fraction of sp³-hybridized carbons (Fsp3) is 0.250. The number of H-pyrrole nitrogens is 1. The Morgan fingerprint density at radius 2 is 1.89 bits per heavy atom. The number of hydrogen-bond acceptors (Lipinski definition) is 4. The number of fused-ring (bicyclic) bond motifs is 1. The molecule has 3 aromatic rings. The van der Waals surface area contributed by atoms with Crippen LogP contribution in [0.25, 0.3) is 10.9 Å². The standard InChI is InChI=1S/C20H21Cl2N3O2/c21-16-6-5-13(9-17(16)22)11-24-14(12-26)7-8-23-20-10-19(27)15-3-1-2-4-18(15)25-20/h1-6,9-10,14,24,26H,7-8,11-12H2,(H2,23,25,27)/t14-/m1/s1. The van der Waals surface area contributed by atoms with Crippen molar-refractivity contribution in [3.05, 3.63) is 74.4 Å². The number of rotatable bonds is 8. The molecule has 0 spiro atoms. The summed E-state index contributed by atoms with van der Waals surface area (Å²) in [5.74, 6) is 0.667. The Morgan fingerprint density at radius 3 is 2.67 bits per heavy atom. The smallest absolute Gasteiger partial charge is 0.191 e. The lowest BCUT2D eigenvalue weighted by Gasteiger charge is -2.17. The van der Waals surface area contributed by atoms with E-state index >= 15 is 0 Å². The van der Waals surface area contributed by atoms with E-state index in [-0.39, 0.29) is 18.1 Å². The fourth-order valence-electron chi connectivity index (χ4n) is 2.84. The minimum Gasteiger partial charge on any atom is -0.395 e. The summed E-state index contributed by atoms with van der Waals surface area (Å²) in [5.41, 5.74) is 1.77. The quantitative estimate of drug-likeness (QED) is 0.459. The van der Waals surface area contributed by atoms with Crippen LogP contribution in [-0.2, 0) is 6.54 Å². The van der Waals surface area contributed by atoms with Gasteiger partial charge in [0.2, 0.25) is 0 Å². The third-order valence-corrected chi connectivity index (χ3v) is 5.08. The van der Waals surface area contributed by atoms with E-state index in [1.54, 1.807) is 18.2 Å². The molecule has 0 aliphatic heterocycles. The Bertz CT molecular complexity index is 975. The van der Waals surface area contributed by atoms with Crippen LogP contribution in [0.15, 0.2) is 53.3 Å². The lowest BCUT2D eigenvalue weighted by Crippen LogP contribution is -2.33. The van der Waals surface area contributed by atoms with Crippen molar-refractivity contribution in [1.82, 2.24) is 10.3 Å². The maximum atomic E-state index is 12.1. The Hall–Kier alpha value is -2.05. The molecule has 1 heterocycles. The van der Waals surface area contributed by atoms with Crippen molar-refractivity contribution in [3.8, 4) is 0 Å². The first kappa shape index (κ1) is 19.7. The van der Waals surface area contributed by atoms with E-state index in [0.717, 1.165) is 11.1 Å². The van der Waals surface area contributed by atoms with Crippen LogP contribution in [0.3, 0.4) is 0 Å². The number of halogens is 2. The summed E-state index contributed by atoms with van der Waals surface area (Å²) in [6.07, 6.45) is 0.687. The summed E-state index contributed by atoms with van der Waals surface area (Å²) in [4.78, 5) is 15.3. The lowest BCUT2D eigenvalue weighted by molar-refractivity contribution is 0.237. The van der Waals surface area contributed by atoms with Gasteiger partial charge in [-0.3, -0.25) is 4.79 Å². The van der Waals surface area contributed by atoms with Crippen molar-refractivity contribution in [2.75, 3.05) is 18.5 Å². The lowest BCUT2D eigenvalue weighted by atomic mass is 10.1. The van der Waals surface area contributed by atoms with Gasteiger partial charge in [0.15, 0.2) is 5.43 Å². The van der Waals surface area contributed by atoms with Gasteiger partial charge in [0, 0.05) is 30.6 Å². The summed E-state index contributed by atoms with van der Waals surface area (Å²) in [6.45, 7) is 1.19. The number of aliphatic hydroxyl groups excluding tert-OH is 1. The van der Waals surface area contributed by atoms with Gasteiger partial charge in [0.1, 0.15) is 5.82 Å². The van der Waals surface area contributed by atoms with Crippen LogP contribution in [0.4, 0.5) is 5.82 Å². The van der Waals surface area contributed by atoms with Gasteiger partial charge in [-0.1, -0.05) is 41.4 Å². The number of pyridine rings is 1. The second-order valence-corrected chi connectivity index (χ2v) is 7.13. The van der Waals surface area contributed by atoms with Crippen LogP contribution in [0.2, 0.25) is 10.0 Å². The molecule has 27 heavy (non-hydrogen) atoms. The molecule has 0 saturated carbocycles. The van der Waals surface area contributed by atoms with E-state index < -0.39 is 0 Å². The topological polar surface area (TPSA) is 77.2 Å². The molecule has 0 amide bonds. The van der Waals surface area contributed by atoms with E-state index in [2.05, 4.69) is 15.6 Å². The average molecular weight is 406 g/mol. The molecule has 7 heteroatoms. The van der Waals surface area contributed by atoms with Gasteiger partial charge in [0.25, 0.3) is 0 Å². The molecule has 0 aliphatic carbocycles. The second kappa shape index (κ2) is 9.24. The molecule has 5 nitrogen and oxygen atoms in total. The van der Waals surface area contributed by atoms with Crippen molar-refractivity contribution < 1.29 is 5.11 Å². The number of aliphatic hydroxyl groups is 1. The first-order valence-corrected chi connectivity index (χ1v) is 9.46. The number of hydrogen-bond donors (Lipinski definition) is 4. The molecule has 3 rings (SSSR count). The van der Waals surface area contributed by atoms with Crippen molar-refractivity contribution >= 4 is 39.9 Å². The first-order chi connectivity index (χ1) is 13.1. The van der Waals surface area contributed by atoms with E-state index in [1.807, 2.05) is 30.3 Å². The van der Waals surface area contributed by atoms with Crippen molar-refractivity contribution in [2.24, 2.45) is 0 Å². The number of benzene rings is 2. The normalized spacial score (nSPS) is 12.3. The molecule has 4 N–H and O–H groups in total. The van der Waals surface area contributed by atoms with Gasteiger partial charge in [-0.15, -0.1) is 0 Å². The predicted molar refractivity (Wildman–Crippen MR) is 112 cm³/mol.